The van der Waals surface area contributed by atoms with Gasteiger partial charge in [-0.3, -0.25) is 0 Å². The van der Waals surface area contributed by atoms with Crippen LogP contribution in [0.4, 0.5) is 0 Å². The topological polar surface area (TPSA) is 30.5 Å². The third kappa shape index (κ3) is 3.18. The second-order valence-electron chi connectivity index (χ2n) is 7.17. The predicted octanol–water partition coefficient (Wildman–Crippen LogP) is 3.93. The Morgan fingerprint density at radius 3 is 2.43 bits per heavy atom. The van der Waals surface area contributed by atoms with E-state index in [0.29, 0.717) is 30.6 Å². The zero-order valence-electron chi connectivity index (χ0n) is 13.4. The highest BCUT2D eigenvalue weighted by atomic mass is 16.6. The predicted molar refractivity (Wildman–Crippen MR) is 85.0 cm³/mol. The van der Waals surface area contributed by atoms with Gasteiger partial charge in [0.15, 0.2) is 11.5 Å². The molecule has 1 aliphatic heterocycles. The second-order valence-corrected chi connectivity index (χ2v) is 7.17. The second kappa shape index (κ2) is 5.88. The molecule has 2 aliphatic rings. The molecule has 0 saturated heterocycles. The molecule has 3 rings (SSSR count). The fourth-order valence-corrected chi connectivity index (χ4v) is 3.68. The summed E-state index contributed by atoms with van der Waals surface area (Å²) in [5, 5.41) is 3.53. The standard InChI is InChI=1S/C18H27NO2/c1-18(2)8-6-13(7-9-18)17(19-3)14-4-5-15-16(12-14)21-11-10-20-15/h4-5,12-13,17,19H,6-11H2,1-3H3. The van der Waals surface area contributed by atoms with Crippen molar-refractivity contribution in [3.8, 4) is 11.5 Å². The maximum atomic E-state index is 5.73. The maximum absolute atomic E-state index is 5.73. The summed E-state index contributed by atoms with van der Waals surface area (Å²) < 4.78 is 11.3. The van der Waals surface area contributed by atoms with E-state index in [4.69, 9.17) is 9.47 Å². The molecular formula is C18H27NO2. The lowest BCUT2D eigenvalue weighted by Gasteiger charge is -2.38. The van der Waals surface area contributed by atoms with Crippen LogP contribution in [-0.4, -0.2) is 20.3 Å². The molecule has 21 heavy (non-hydrogen) atoms. The van der Waals surface area contributed by atoms with Crippen LogP contribution < -0.4 is 14.8 Å². The molecule has 1 saturated carbocycles. The minimum absolute atomic E-state index is 0.414. The maximum Gasteiger partial charge on any atom is 0.161 e. The Morgan fingerprint density at radius 1 is 1.10 bits per heavy atom. The molecule has 1 unspecified atom stereocenters. The Balaban J connectivity index is 1.77. The zero-order chi connectivity index (χ0) is 14.9. The Bertz CT molecular complexity index is 488. The van der Waals surface area contributed by atoms with Crippen molar-refractivity contribution < 1.29 is 9.47 Å². The molecule has 1 N–H and O–H groups in total. The SMILES string of the molecule is CNC(c1ccc2c(c1)OCCO2)C1CCC(C)(C)CC1. The van der Waals surface area contributed by atoms with Crippen molar-refractivity contribution in [3.05, 3.63) is 23.8 Å². The van der Waals surface area contributed by atoms with Crippen LogP contribution in [0.2, 0.25) is 0 Å². The molecule has 1 atom stereocenters. The Labute approximate surface area is 128 Å². The molecule has 1 aromatic carbocycles. The van der Waals surface area contributed by atoms with Crippen LogP contribution in [0.3, 0.4) is 0 Å². The molecule has 1 heterocycles. The van der Waals surface area contributed by atoms with Gasteiger partial charge in [0.25, 0.3) is 0 Å². The van der Waals surface area contributed by atoms with Crippen molar-refractivity contribution in [1.29, 1.82) is 0 Å². The van der Waals surface area contributed by atoms with E-state index in [1.807, 2.05) is 0 Å². The summed E-state index contributed by atoms with van der Waals surface area (Å²) in [6.45, 7) is 6.08. The molecule has 3 heteroatoms. The summed E-state index contributed by atoms with van der Waals surface area (Å²) in [5.74, 6) is 2.49. The zero-order valence-corrected chi connectivity index (χ0v) is 13.4. The van der Waals surface area contributed by atoms with E-state index >= 15 is 0 Å². The molecule has 0 amide bonds. The number of hydrogen-bond donors (Lipinski definition) is 1. The van der Waals surface area contributed by atoms with E-state index in [2.05, 4.69) is 44.4 Å². The summed E-state index contributed by atoms with van der Waals surface area (Å²) in [5.41, 5.74) is 1.84. The van der Waals surface area contributed by atoms with Gasteiger partial charge in [-0.25, -0.2) is 0 Å². The van der Waals surface area contributed by atoms with Crippen LogP contribution in [0, 0.1) is 11.3 Å². The van der Waals surface area contributed by atoms with Crippen molar-refractivity contribution in [3.63, 3.8) is 0 Å². The van der Waals surface area contributed by atoms with E-state index in [9.17, 15) is 0 Å². The molecule has 0 spiro atoms. The van der Waals surface area contributed by atoms with Gasteiger partial charge in [0.05, 0.1) is 0 Å². The van der Waals surface area contributed by atoms with Gasteiger partial charge in [0.1, 0.15) is 13.2 Å². The fraction of sp³-hybridized carbons (Fsp3) is 0.667. The highest BCUT2D eigenvalue weighted by molar-refractivity contribution is 5.44. The average Bonchev–Trinajstić information content (AvgIpc) is 2.49. The molecule has 1 aromatic rings. The van der Waals surface area contributed by atoms with Crippen molar-refractivity contribution in [2.24, 2.45) is 11.3 Å². The van der Waals surface area contributed by atoms with Crippen LogP contribution in [-0.2, 0) is 0 Å². The van der Waals surface area contributed by atoms with Crippen LogP contribution in [0.15, 0.2) is 18.2 Å². The van der Waals surface area contributed by atoms with Crippen LogP contribution >= 0.6 is 0 Å². The van der Waals surface area contributed by atoms with Gasteiger partial charge in [-0.15, -0.1) is 0 Å². The highest BCUT2D eigenvalue weighted by Gasteiger charge is 2.31. The van der Waals surface area contributed by atoms with Gasteiger partial charge in [0, 0.05) is 6.04 Å². The molecule has 0 radical (unpaired) electrons. The smallest absolute Gasteiger partial charge is 0.161 e. The van der Waals surface area contributed by atoms with Crippen molar-refractivity contribution >= 4 is 0 Å². The number of nitrogens with one attached hydrogen (secondary N) is 1. The lowest BCUT2D eigenvalue weighted by atomic mass is 9.70. The Kier molecular flexibility index (Phi) is 4.12. The number of ether oxygens (including phenoxy) is 2. The normalized spacial score (nSPS) is 22.8. The average molecular weight is 289 g/mol. The van der Waals surface area contributed by atoms with E-state index < -0.39 is 0 Å². The number of benzene rings is 1. The van der Waals surface area contributed by atoms with Gasteiger partial charge >= 0.3 is 0 Å². The first-order chi connectivity index (χ1) is 10.1. The van der Waals surface area contributed by atoms with E-state index in [1.165, 1.54) is 31.2 Å². The molecule has 1 fully saturated rings. The summed E-state index contributed by atoms with van der Waals surface area (Å²) >= 11 is 0. The fourth-order valence-electron chi connectivity index (χ4n) is 3.68. The molecule has 116 valence electrons. The van der Waals surface area contributed by atoms with Gasteiger partial charge < -0.3 is 14.8 Å². The monoisotopic (exact) mass is 289 g/mol. The number of rotatable bonds is 3. The number of fused-ring (bicyclic) bond motifs is 1. The molecule has 1 aliphatic carbocycles. The first kappa shape index (κ1) is 14.7. The Morgan fingerprint density at radius 2 is 1.76 bits per heavy atom. The van der Waals surface area contributed by atoms with Gasteiger partial charge in [-0.05, 0) is 61.8 Å². The van der Waals surface area contributed by atoms with E-state index in [0.717, 1.165) is 11.5 Å². The summed E-state index contributed by atoms with van der Waals surface area (Å²) in [7, 11) is 2.07. The van der Waals surface area contributed by atoms with Gasteiger partial charge in [-0.1, -0.05) is 19.9 Å². The van der Waals surface area contributed by atoms with Crippen LogP contribution in [0.25, 0.3) is 0 Å². The minimum atomic E-state index is 0.414. The van der Waals surface area contributed by atoms with Gasteiger partial charge in [0.2, 0.25) is 0 Å². The van der Waals surface area contributed by atoms with Gasteiger partial charge in [-0.2, -0.15) is 0 Å². The summed E-state index contributed by atoms with van der Waals surface area (Å²) in [4.78, 5) is 0. The van der Waals surface area contributed by atoms with E-state index in [-0.39, 0.29) is 0 Å². The molecule has 0 aromatic heterocycles. The number of hydrogen-bond acceptors (Lipinski definition) is 3. The summed E-state index contributed by atoms with van der Waals surface area (Å²) in [6, 6.07) is 6.82. The van der Waals surface area contributed by atoms with E-state index in [1.54, 1.807) is 0 Å². The van der Waals surface area contributed by atoms with Crippen molar-refractivity contribution in [1.82, 2.24) is 5.32 Å². The van der Waals surface area contributed by atoms with Crippen molar-refractivity contribution in [2.45, 2.75) is 45.6 Å². The quantitative estimate of drug-likeness (QED) is 0.914. The third-order valence-corrected chi connectivity index (χ3v) is 5.09. The largest absolute Gasteiger partial charge is 0.486 e. The molecule has 0 bridgehead atoms. The first-order valence-electron chi connectivity index (χ1n) is 8.16. The highest BCUT2D eigenvalue weighted by Crippen LogP contribution is 2.43. The first-order valence-corrected chi connectivity index (χ1v) is 8.16. The van der Waals surface area contributed by atoms with Crippen LogP contribution in [0.5, 0.6) is 11.5 Å². The van der Waals surface area contributed by atoms with Crippen LogP contribution in [0.1, 0.15) is 51.1 Å². The minimum Gasteiger partial charge on any atom is -0.486 e. The Hall–Kier alpha value is -1.22. The summed E-state index contributed by atoms with van der Waals surface area (Å²) in [6.07, 6.45) is 5.24. The lowest BCUT2D eigenvalue weighted by Crippen LogP contribution is -2.31. The molecule has 3 nitrogen and oxygen atoms in total. The molecular weight excluding hydrogens is 262 g/mol. The van der Waals surface area contributed by atoms with Crippen molar-refractivity contribution in [2.75, 3.05) is 20.3 Å². The third-order valence-electron chi connectivity index (χ3n) is 5.09. The lowest BCUT2D eigenvalue weighted by molar-refractivity contribution is 0.161.